The largest absolute Gasteiger partial charge is 0.369 e. The molecule has 0 spiro atoms. The molecule has 12 heteroatoms. The Balaban J connectivity index is 2.26. The molecule has 152 valence electrons. The summed E-state index contributed by atoms with van der Waals surface area (Å²) in [5.41, 5.74) is 3.73. The number of hydrogen-bond acceptors (Lipinski definition) is 3. The van der Waals surface area contributed by atoms with Gasteiger partial charge < -0.3 is 5.73 Å². The zero-order chi connectivity index (χ0) is 21.2. The number of guanidine groups is 1. The molecule has 1 heterocycles. The van der Waals surface area contributed by atoms with Gasteiger partial charge in [0, 0.05) is 7.05 Å². The summed E-state index contributed by atoms with van der Waals surface area (Å²) in [5.74, 6) is -1.61. The Morgan fingerprint density at radius 3 is 2.00 bits per heavy atom. The van der Waals surface area contributed by atoms with Crippen molar-refractivity contribution in [2.75, 3.05) is 7.05 Å². The van der Waals surface area contributed by atoms with Crippen molar-refractivity contribution in [3.8, 4) is 0 Å². The summed E-state index contributed by atoms with van der Waals surface area (Å²) >= 11 is 2.97. The first kappa shape index (κ1) is 20.5. The van der Waals surface area contributed by atoms with Crippen LogP contribution in [0.15, 0.2) is 56.8 Å². The Kier molecular flexibility index (Phi) is 3.99. The Labute approximate surface area is 163 Å². The maximum absolute atomic E-state index is 13.6. The second-order valence-corrected chi connectivity index (χ2v) is 9.43. The van der Waals surface area contributed by atoms with Crippen LogP contribution in [0.2, 0.25) is 0 Å². The molecule has 0 radical (unpaired) electrons. The standard InChI is InChI=1S/C16H12BrF6N3OS/c1-26-14(27)16(25-15(26)24,10-4-7-13(18)12(17)8-10)9-2-5-11(6-3-9)28(19,20,21,22)23/h2-8H,1H3,(H2,24,25). The monoisotopic (exact) mass is 487 g/mol. The molecule has 0 aliphatic carbocycles. The van der Waals surface area contributed by atoms with E-state index in [-0.39, 0.29) is 33.7 Å². The molecule has 1 aliphatic rings. The topological polar surface area (TPSA) is 58.7 Å². The third kappa shape index (κ3) is 3.24. The van der Waals surface area contributed by atoms with Crippen LogP contribution in [0.1, 0.15) is 11.1 Å². The number of benzene rings is 2. The number of amides is 1. The highest BCUT2D eigenvalue weighted by Crippen LogP contribution is 3.02. The van der Waals surface area contributed by atoms with Gasteiger partial charge in [-0.1, -0.05) is 37.6 Å². The van der Waals surface area contributed by atoms with E-state index in [1.54, 1.807) is 0 Å². The lowest BCUT2D eigenvalue weighted by molar-refractivity contribution is -0.129. The van der Waals surface area contributed by atoms with Gasteiger partial charge in [-0.15, -0.1) is 0 Å². The van der Waals surface area contributed by atoms with Gasteiger partial charge in [0.1, 0.15) is 10.7 Å². The van der Waals surface area contributed by atoms with Crippen molar-refractivity contribution in [3.63, 3.8) is 0 Å². The van der Waals surface area contributed by atoms with Gasteiger partial charge in [0.2, 0.25) is 0 Å². The second kappa shape index (κ2) is 5.44. The third-order valence-electron chi connectivity index (χ3n) is 4.29. The molecule has 2 N–H and O–H groups in total. The van der Waals surface area contributed by atoms with Gasteiger partial charge in [-0.25, -0.2) is 9.38 Å². The van der Waals surface area contributed by atoms with Gasteiger partial charge in [0.25, 0.3) is 5.91 Å². The summed E-state index contributed by atoms with van der Waals surface area (Å²) in [5, 5.41) is 0. The Hall–Kier alpha value is -2.21. The van der Waals surface area contributed by atoms with Crippen molar-refractivity contribution in [3.05, 3.63) is 63.9 Å². The van der Waals surface area contributed by atoms with E-state index >= 15 is 0 Å². The lowest BCUT2D eigenvalue weighted by Crippen LogP contribution is -2.41. The summed E-state index contributed by atoms with van der Waals surface area (Å²) < 4.78 is 78.6. The number of carbonyl (C=O) groups excluding carboxylic acids is 1. The number of rotatable bonds is 3. The van der Waals surface area contributed by atoms with Gasteiger partial charge in [0.15, 0.2) is 11.5 Å². The Bertz CT molecular complexity index is 1030. The van der Waals surface area contributed by atoms with E-state index in [0.29, 0.717) is 0 Å². The summed E-state index contributed by atoms with van der Waals surface area (Å²) in [6, 6.07) is 5.31. The minimum Gasteiger partial charge on any atom is -0.369 e. The number of carbonyl (C=O) groups is 1. The van der Waals surface area contributed by atoms with Gasteiger partial charge in [-0.2, -0.15) is 0 Å². The molecule has 4 nitrogen and oxygen atoms in total. The minimum absolute atomic E-state index is 0.0240. The highest BCUT2D eigenvalue weighted by atomic mass is 79.9. The number of likely N-dealkylation sites (N-methyl/N-ethyl adjacent to an activating group) is 1. The molecule has 2 aromatic carbocycles. The fourth-order valence-corrected chi connectivity index (χ4v) is 3.89. The lowest BCUT2D eigenvalue weighted by atomic mass is 9.83. The van der Waals surface area contributed by atoms with Crippen LogP contribution in [-0.2, 0) is 10.3 Å². The SMILES string of the molecule is CN1C(=O)C(c2ccc(S(F)(F)(F)(F)F)cc2)(c2ccc(F)c(Br)c2)N=C1N. The highest BCUT2D eigenvalue weighted by molar-refractivity contribution is 9.10. The molecular weight excluding hydrogens is 476 g/mol. The molecule has 0 aromatic heterocycles. The molecule has 3 rings (SSSR count). The quantitative estimate of drug-likeness (QED) is 0.599. The van der Waals surface area contributed by atoms with Crippen LogP contribution in [0.5, 0.6) is 0 Å². The maximum atomic E-state index is 13.6. The molecule has 2 aromatic rings. The number of nitrogens with two attached hydrogens (primary N) is 1. The number of aliphatic imine (C=N–C) groups is 1. The van der Waals surface area contributed by atoms with E-state index < -0.39 is 32.4 Å². The normalized spacial score (nSPS) is 22.6. The predicted octanol–water partition coefficient (Wildman–Crippen LogP) is 5.28. The van der Waals surface area contributed by atoms with E-state index in [2.05, 4.69) is 20.9 Å². The van der Waals surface area contributed by atoms with Crippen LogP contribution in [0.4, 0.5) is 23.8 Å². The van der Waals surface area contributed by atoms with E-state index in [9.17, 15) is 28.6 Å². The Morgan fingerprint density at radius 1 is 1.04 bits per heavy atom. The van der Waals surface area contributed by atoms with E-state index in [1.807, 2.05) is 0 Å². The smallest absolute Gasteiger partial charge is 0.310 e. The van der Waals surface area contributed by atoms with Crippen molar-refractivity contribution in [1.82, 2.24) is 4.90 Å². The van der Waals surface area contributed by atoms with Crippen LogP contribution in [0.25, 0.3) is 0 Å². The molecule has 1 amide bonds. The lowest BCUT2D eigenvalue weighted by Gasteiger charge is -2.40. The average molecular weight is 488 g/mol. The number of hydrogen-bond donors (Lipinski definition) is 1. The van der Waals surface area contributed by atoms with Crippen molar-refractivity contribution in [1.29, 1.82) is 0 Å². The first-order valence-corrected chi connectivity index (χ1v) is 10.2. The van der Waals surface area contributed by atoms with Crippen LogP contribution >= 0.6 is 26.2 Å². The van der Waals surface area contributed by atoms with Crippen LogP contribution in [0.3, 0.4) is 0 Å². The van der Waals surface area contributed by atoms with Gasteiger partial charge in [-0.3, -0.25) is 9.69 Å². The molecule has 0 bridgehead atoms. The molecular formula is C16H12BrF6N3OS. The first-order valence-electron chi connectivity index (χ1n) is 7.50. The molecule has 1 aliphatic heterocycles. The van der Waals surface area contributed by atoms with Gasteiger partial charge in [-0.05, 0) is 51.3 Å². The summed E-state index contributed by atoms with van der Waals surface area (Å²) in [4.78, 5) is 15.9. The van der Waals surface area contributed by atoms with Gasteiger partial charge >= 0.3 is 10.2 Å². The first-order chi connectivity index (χ1) is 12.6. The van der Waals surface area contributed by atoms with Gasteiger partial charge in [0.05, 0.1) is 4.47 Å². The number of halogens is 7. The summed E-state index contributed by atoms with van der Waals surface area (Å²) in [6.45, 7) is 0. The molecule has 28 heavy (non-hydrogen) atoms. The average Bonchev–Trinajstić information content (AvgIpc) is 2.80. The molecule has 0 fully saturated rings. The second-order valence-electron chi connectivity index (χ2n) is 6.17. The van der Waals surface area contributed by atoms with E-state index in [1.165, 1.54) is 19.2 Å². The molecule has 0 saturated carbocycles. The van der Waals surface area contributed by atoms with Crippen molar-refractivity contribution in [2.45, 2.75) is 10.4 Å². The van der Waals surface area contributed by atoms with Crippen LogP contribution in [0, 0.1) is 5.82 Å². The summed E-state index contributed by atoms with van der Waals surface area (Å²) in [6.07, 6.45) is 0. The van der Waals surface area contributed by atoms with Crippen molar-refractivity contribution < 1.29 is 28.6 Å². The fraction of sp³-hybridized carbons (Fsp3) is 0.125. The Morgan fingerprint density at radius 2 is 1.57 bits per heavy atom. The highest BCUT2D eigenvalue weighted by Gasteiger charge is 2.65. The van der Waals surface area contributed by atoms with E-state index in [4.69, 9.17) is 5.73 Å². The predicted molar refractivity (Wildman–Crippen MR) is 97.1 cm³/mol. The molecule has 0 saturated heterocycles. The molecule has 1 atom stereocenters. The van der Waals surface area contributed by atoms with Crippen molar-refractivity contribution >= 4 is 38.0 Å². The van der Waals surface area contributed by atoms with Crippen LogP contribution < -0.4 is 5.73 Å². The third-order valence-corrected chi connectivity index (χ3v) is 6.07. The fourth-order valence-electron chi connectivity index (χ4n) is 2.86. The van der Waals surface area contributed by atoms with Crippen LogP contribution in [-0.4, -0.2) is 23.8 Å². The maximum Gasteiger partial charge on any atom is 0.310 e. The van der Waals surface area contributed by atoms with Crippen molar-refractivity contribution in [2.24, 2.45) is 10.7 Å². The summed E-state index contributed by atoms with van der Waals surface area (Å²) in [7, 11) is -8.59. The van der Waals surface area contributed by atoms with E-state index in [0.717, 1.165) is 23.1 Å². The zero-order valence-corrected chi connectivity index (χ0v) is 16.4. The number of nitrogens with zero attached hydrogens (tertiary/aromatic N) is 2. The zero-order valence-electron chi connectivity index (χ0n) is 14.0. The minimum atomic E-state index is -9.89. The molecule has 1 unspecified atom stereocenters.